The third-order valence-electron chi connectivity index (χ3n) is 11.8. The van der Waals surface area contributed by atoms with E-state index >= 15 is 0 Å². The molecule has 0 aromatic carbocycles. The number of carbonyl (C=O) groups excluding carboxylic acids is 2. The zero-order chi connectivity index (χ0) is 50.2. The van der Waals surface area contributed by atoms with Gasteiger partial charge in [0.25, 0.3) is 0 Å². The third-order valence-corrected chi connectivity index (χ3v) is 12.7. The summed E-state index contributed by atoms with van der Waals surface area (Å²) in [6.45, 7) is 3.56. The Balaban J connectivity index is 3.95. The van der Waals surface area contributed by atoms with Gasteiger partial charge < -0.3 is 20.1 Å². The van der Waals surface area contributed by atoms with E-state index in [9.17, 15) is 19.0 Å². The molecule has 0 aliphatic carbocycles. The minimum atomic E-state index is -4.40. The van der Waals surface area contributed by atoms with E-state index in [0.29, 0.717) is 12.8 Å². The van der Waals surface area contributed by atoms with Gasteiger partial charge in [-0.15, -0.1) is 0 Å². The van der Waals surface area contributed by atoms with Gasteiger partial charge in [0.2, 0.25) is 0 Å². The van der Waals surface area contributed by atoms with Crippen LogP contribution in [0.25, 0.3) is 0 Å². The SMILES string of the molecule is CC/C=C\C/C=C\C/C=C\C/C=C\C/C=C\CCCC(=O)OC(COC(=O)CCCCCCCCCCCCCCCCCCCCC/C=C\C/C=C\CCCCCCC)COP(=O)(O)OCCN. The Morgan fingerprint density at radius 2 is 0.812 bits per heavy atom. The Kier molecular flexibility index (Phi) is 52.3. The fourth-order valence-electron chi connectivity index (χ4n) is 7.64. The number of carbonyl (C=O) groups is 2. The smallest absolute Gasteiger partial charge is 0.462 e. The quantitative estimate of drug-likeness (QED) is 0.0264. The molecule has 0 amide bonds. The van der Waals surface area contributed by atoms with Gasteiger partial charge in [0.1, 0.15) is 6.61 Å². The van der Waals surface area contributed by atoms with Crippen LogP contribution in [0, 0.1) is 0 Å². The highest BCUT2D eigenvalue weighted by Gasteiger charge is 2.26. The predicted octanol–water partition coefficient (Wildman–Crippen LogP) is 17.5. The first-order chi connectivity index (χ1) is 33.8. The van der Waals surface area contributed by atoms with Gasteiger partial charge in [-0.3, -0.25) is 18.6 Å². The van der Waals surface area contributed by atoms with Crippen LogP contribution in [0.5, 0.6) is 0 Å². The molecule has 10 heteroatoms. The van der Waals surface area contributed by atoms with Crippen LogP contribution in [0.4, 0.5) is 0 Å². The van der Waals surface area contributed by atoms with Crippen LogP contribution in [-0.2, 0) is 32.7 Å². The van der Waals surface area contributed by atoms with E-state index in [1.165, 1.54) is 148 Å². The standard InChI is InChI=1S/C59H104NO8P/c1-3-5-7-9-11-13-15-17-19-21-22-23-24-25-26-27-28-29-30-31-32-33-34-36-37-39-41-43-45-47-49-51-58(61)65-55-57(56-67-69(63,64)66-54-53-60)68-59(62)52-50-48-46-44-42-40-38-35-20-18-16-14-12-10-8-6-4-2/h6,8,12,14-15,17-18,20-22,38,40,44,46,57H,3-5,7,9-11,13,16,19,23-37,39,41-43,45,47-56,60H2,1-2H3,(H,63,64)/b8-6-,14-12-,17-15-,20-18-,22-21-,40-38-,46-44-. The molecule has 0 saturated carbocycles. The van der Waals surface area contributed by atoms with Crippen LogP contribution in [0.3, 0.4) is 0 Å². The molecule has 0 aromatic rings. The van der Waals surface area contributed by atoms with Gasteiger partial charge in [-0.2, -0.15) is 0 Å². The first-order valence-electron chi connectivity index (χ1n) is 28.1. The number of ether oxygens (including phenoxy) is 2. The van der Waals surface area contributed by atoms with Gasteiger partial charge in [0.05, 0.1) is 13.2 Å². The average molecular weight is 986 g/mol. The highest BCUT2D eigenvalue weighted by atomic mass is 31.2. The first-order valence-corrected chi connectivity index (χ1v) is 29.6. The molecule has 398 valence electrons. The molecule has 69 heavy (non-hydrogen) atoms. The highest BCUT2D eigenvalue weighted by Crippen LogP contribution is 2.43. The molecule has 0 spiro atoms. The molecule has 0 aromatic heterocycles. The number of rotatable bonds is 52. The number of phosphoric ester groups is 1. The van der Waals surface area contributed by atoms with Gasteiger partial charge in [-0.1, -0.05) is 234 Å². The monoisotopic (exact) mass is 986 g/mol. The average Bonchev–Trinajstić information content (AvgIpc) is 3.34. The van der Waals surface area contributed by atoms with Crippen LogP contribution in [0.15, 0.2) is 85.1 Å². The van der Waals surface area contributed by atoms with Crippen molar-refractivity contribution in [2.75, 3.05) is 26.4 Å². The lowest BCUT2D eigenvalue weighted by atomic mass is 10.0. The molecule has 0 heterocycles. The summed E-state index contributed by atoms with van der Waals surface area (Å²) in [4.78, 5) is 35.1. The van der Waals surface area contributed by atoms with Crippen molar-refractivity contribution in [3.8, 4) is 0 Å². The van der Waals surface area contributed by atoms with Gasteiger partial charge in [-0.25, -0.2) is 4.57 Å². The van der Waals surface area contributed by atoms with Crippen molar-refractivity contribution in [3.05, 3.63) is 85.1 Å². The van der Waals surface area contributed by atoms with Crippen molar-refractivity contribution in [2.24, 2.45) is 5.73 Å². The fourth-order valence-corrected chi connectivity index (χ4v) is 8.41. The topological polar surface area (TPSA) is 134 Å². The van der Waals surface area contributed by atoms with E-state index in [1.54, 1.807) is 0 Å². The molecule has 0 aliphatic heterocycles. The number of nitrogens with two attached hydrogens (primary N) is 1. The van der Waals surface area contributed by atoms with E-state index < -0.39 is 32.5 Å². The lowest BCUT2D eigenvalue weighted by Crippen LogP contribution is -2.29. The Morgan fingerprint density at radius 3 is 1.23 bits per heavy atom. The van der Waals surface area contributed by atoms with E-state index in [0.717, 1.165) is 57.8 Å². The number of hydrogen-bond acceptors (Lipinski definition) is 8. The maximum absolute atomic E-state index is 12.6. The van der Waals surface area contributed by atoms with Gasteiger partial charge in [-0.05, 0) is 83.5 Å². The molecule has 0 bridgehead atoms. The van der Waals surface area contributed by atoms with E-state index in [2.05, 4.69) is 92.8 Å². The summed E-state index contributed by atoms with van der Waals surface area (Å²) in [5, 5.41) is 0. The molecule has 0 fully saturated rings. The predicted molar refractivity (Wildman–Crippen MR) is 293 cm³/mol. The van der Waals surface area contributed by atoms with E-state index in [-0.39, 0.29) is 32.6 Å². The second kappa shape index (κ2) is 54.5. The van der Waals surface area contributed by atoms with Crippen molar-refractivity contribution in [3.63, 3.8) is 0 Å². The molecule has 0 saturated heterocycles. The summed E-state index contributed by atoms with van der Waals surface area (Å²) in [5.41, 5.74) is 5.37. The second-order valence-corrected chi connectivity index (χ2v) is 19.9. The molecular weight excluding hydrogens is 882 g/mol. The van der Waals surface area contributed by atoms with E-state index in [4.69, 9.17) is 24.3 Å². The van der Waals surface area contributed by atoms with Gasteiger partial charge in [0.15, 0.2) is 6.10 Å². The lowest BCUT2D eigenvalue weighted by Gasteiger charge is -2.19. The summed E-state index contributed by atoms with van der Waals surface area (Å²) in [6.07, 6.45) is 70.9. The number of phosphoric acid groups is 1. The van der Waals surface area contributed by atoms with Gasteiger partial charge >= 0.3 is 19.8 Å². The highest BCUT2D eigenvalue weighted by molar-refractivity contribution is 7.47. The molecule has 9 nitrogen and oxygen atoms in total. The van der Waals surface area contributed by atoms with Crippen LogP contribution in [0.2, 0.25) is 0 Å². The summed E-state index contributed by atoms with van der Waals surface area (Å²) >= 11 is 0. The summed E-state index contributed by atoms with van der Waals surface area (Å²) in [6, 6.07) is 0. The zero-order valence-electron chi connectivity index (χ0n) is 44.3. The van der Waals surface area contributed by atoms with Crippen LogP contribution >= 0.6 is 7.82 Å². The number of allylic oxidation sites excluding steroid dienone is 14. The second-order valence-electron chi connectivity index (χ2n) is 18.4. The van der Waals surface area contributed by atoms with Crippen LogP contribution < -0.4 is 5.73 Å². The maximum atomic E-state index is 12.6. The summed E-state index contributed by atoms with van der Waals surface area (Å²) < 4.78 is 32.9. The van der Waals surface area contributed by atoms with Crippen LogP contribution in [0.1, 0.15) is 245 Å². The molecule has 0 radical (unpaired) electrons. The number of esters is 2. The Hall–Kier alpha value is -2.81. The maximum Gasteiger partial charge on any atom is 0.472 e. The van der Waals surface area contributed by atoms with Crippen molar-refractivity contribution in [1.82, 2.24) is 0 Å². The fraction of sp³-hybridized carbons (Fsp3) is 0.729. The molecule has 0 rings (SSSR count). The minimum Gasteiger partial charge on any atom is -0.462 e. The van der Waals surface area contributed by atoms with Crippen molar-refractivity contribution in [1.29, 1.82) is 0 Å². The number of unbranched alkanes of at least 4 members (excludes halogenated alkanes) is 25. The molecular formula is C59H104NO8P. The van der Waals surface area contributed by atoms with Crippen molar-refractivity contribution in [2.45, 2.75) is 251 Å². The molecule has 3 N–H and O–H groups in total. The zero-order valence-corrected chi connectivity index (χ0v) is 45.2. The number of hydrogen-bond donors (Lipinski definition) is 2. The Labute approximate surface area is 424 Å². The molecule has 0 aliphatic rings. The Morgan fingerprint density at radius 1 is 0.449 bits per heavy atom. The minimum absolute atomic E-state index is 0.0415. The lowest BCUT2D eigenvalue weighted by molar-refractivity contribution is -0.161. The molecule has 2 unspecified atom stereocenters. The van der Waals surface area contributed by atoms with Crippen molar-refractivity contribution < 1.29 is 37.6 Å². The molecule has 2 atom stereocenters. The van der Waals surface area contributed by atoms with E-state index in [1.807, 2.05) is 6.08 Å². The van der Waals surface area contributed by atoms with Gasteiger partial charge in [0, 0.05) is 19.4 Å². The third kappa shape index (κ3) is 54.4. The summed E-state index contributed by atoms with van der Waals surface area (Å²) in [7, 11) is -4.40. The first kappa shape index (κ1) is 66.2. The van der Waals surface area contributed by atoms with Crippen LogP contribution in [-0.4, -0.2) is 49.3 Å². The summed E-state index contributed by atoms with van der Waals surface area (Å²) in [5.74, 6) is -0.894. The Bertz CT molecular complexity index is 1400. The van der Waals surface area contributed by atoms with Crippen molar-refractivity contribution >= 4 is 19.8 Å². The largest absolute Gasteiger partial charge is 0.472 e. The normalized spacial score (nSPS) is 13.7.